The van der Waals surface area contributed by atoms with Crippen LogP contribution in [0, 0.1) is 0 Å². The Bertz CT molecular complexity index is 718. The zero-order valence-electron chi connectivity index (χ0n) is 10.4. The summed E-state index contributed by atoms with van der Waals surface area (Å²) in [5.74, 6) is 0.250. The molecule has 1 aromatic heterocycles. The average molecular weight is 332 g/mol. The van der Waals surface area contributed by atoms with E-state index in [1.807, 2.05) is 0 Å². The quantitative estimate of drug-likeness (QED) is 0.899. The molecule has 0 amide bonds. The van der Waals surface area contributed by atoms with Gasteiger partial charge in [-0.25, -0.2) is 13.4 Å². The van der Waals surface area contributed by atoms with Gasteiger partial charge in [0.25, 0.3) is 0 Å². The van der Waals surface area contributed by atoms with E-state index in [9.17, 15) is 8.42 Å². The van der Waals surface area contributed by atoms with Crippen molar-refractivity contribution in [2.75, 3.05) is 16.3 Å². The van der Waals surface area contributed by atoms with Crippen molar-refractivity contribution >= 4 is 50.4 Å². The van der Waals surface area contributed by atoms with Crippen molar-refractivity contribution in [1.82, 2.24) is 4.98 Å². The molecular formula is C12H11Cl2N3O2S. The third kappa shape index (κ3) is 4.26. The highest BCUT2D eigenvalue weighted by molar-refractivity contribution is 7.92. The molecule has 0 atom stereocenters. The molecule has 8 heteroatoms. The number of hydrogen-bond donors (Lipinski definition) is 2. The number of nitrogens with one attached hydrogen (secondary N) is 2. The van der Waals surface area contributed by atoms with E-state index in [0.29, 0.717) is 21.4 Å². The molecule has 0 bridgehead atoms. The van der Waals surface area contributed by atoms with E-state index in [0.717, 1.165) is 6.26 Å². The second-order valence-corrected chi connectivity index (χ2v) is 6.65. The first kappa shape index (κ1) is 14.9. The zero-order valence-corrected chi connectivity index (χ0v) is 12.7. The van der Waals surface area contributed by atoms with Gasteiger partial charge in [0.2, 0.25) is 10.0 Å². The van der Waals surface area contributed by atoms with Crippen molar-refractivity contribution in [3.63, 3.8) is 0 Å². The summed E-state index contributed by atoms with van der Waals surface area (Å²) < 4.78 is 24.4. The van der Waals surface area contributed by atoms with E-state index >= 15 is 0 Å². The van der Waals surface area contributed by atoms with Crippen LogP contribution in [-0.2, 0) is 10.0 Å². The zero-order chi connectivity index (χ0) is 14.8. The molecule has 0 unspecified atom stereocenters. The third-order valence-corrected chi connectivity index (χ3v) is 3.39. The topological polar surface area (TPSA) is 71.1 Å². The van der Waals surface area contributed by atoms with Crippen molar-refractivity contribution in [3.05, 3.63) is 46.6 Å². The number of benzene rings is 1. The minimum Gasteiger partial charge on any atom is -0.353 e. The standard InChI is InChI=1S/C12H11Cl2N3O2S/c1-20(18,19)17-12-5-3-9(7-15-12)16-11-4-2-8(13)6-10(11)14/h2-7,16H,1H3,(H,15,17). The van der Waals surface area contributed by atoms with Crippen molar-refractivity contribution in [2.45, 2.75) is 0 Å². The highest BCUT2D eigenvalue weighted by Crippen LogP contribution is 2.28. The monoisotopic (exact) mass is 331 g/mol. The molecule has 20 heavy (non-hydrogen) atoms. The summed E-state index contributed by atoms with van der Waals surface area (Å²) in [6, 6.07) is 8.31. The summed E-state index contributed by atoms with van der Waals surface area (Å²) in [4.78, 5) is 3.99. The summed E-state index contributed by atoms with van der Waals surface area (Å²) in [5, 5.41) is 4.09. The van der Waals surface area contributed by atoms with Gasteiger partial charge in [0.05, 0.1) is 28.9 Å². The number of sulfonamides is 1. The lowest BCUT2D eigenvalue weighted by molar-refractivity contribution is 0.606. The molecular weight excluding hydrogens is 321 g/mol. The molecule has 5 nitrogen and oxygen atoms in total. The van der Waals surface area contributed by atoms with Crippen LogP contribution in [0.1, 0.15) is 0 Å². The molecule has 0 radical (unpaired) electrons. The van der Waals surface area contributed by atoms with Crippen LogP contribution >= 0.6 is 23.2 Å². The lowest BCUT2D eigenvalue weighted by Crippen LogP contribution is -2.10. The first-order valence-corrected chi connectivity index (χ1v) is 8.14. The summed E-state index contributed by atoms with van der Waals surface area (Å²) in [5.41, 5.74) is 1.36. The van der Waals surface area contributed by atoms with Crippen LogP contribution in [0.15, 0.2) is 36.5 Å². The molecule has 0 aliphatic rings. The lowest BCUT2D eigenvalue weighted by Gasteiger charge is -2.09. The Balaban J connectivity index is 2.14. The SMILES string of the molecule is CS(=O)(=O)Nc1ccc(Nc2ccc(Cl)cc2Cl)cn1. The minimum absolute atomic E-state index is 0.250. The second kappa shape index (κ2) is 5.87. The Morgan fingerprint density at radius 2 is 1.90 bits per heavy atom. The van der Waals surface area contributed by atoms with Crippen LogP contribution < -0.4 is 10.0 Å². The van der Waals surface area contributed by atoms with Gasteiger partial charge in [-0.1, -0.05) is 23.2 Å². The summed E-state index contributed by atoms with van der Waals surface area (Å²) in [6.45, 7) is 0. The molecule has 0 aliphatic heterocycles. The fourth-order valence-corrected chi connectivity index (χ4v) is 2.42. The van der Waals surface area contributed by atoms with Crippen LogP contribution in [0.3, 0.4) is 0 Å². The Morgan fingerprint density at radius 3 is 2.45 bits per heavy atom. The van der Waals surface area contributed by atoms with Crippen LogP contribution in [0.5, 0.6) is 0 Å². The molecule has 1 heterocycles. The molecule has 0 aliphatic carbocycles. The van der Waals surface area contributed by atoms with Gasteiger partial charge in [-0.3, -0.25) is 4.72 Å². The number of pyridine rings is 1. The van der Waals surface area contributed by atoms with E-state index < -0.39 is 10.0 Å². The maximum absolute atomic E-state index is 11.1. The van der Waals surface area contributed by atoms with E-state index in [1.165, 1.54) is 6.20 Å². The number of anilines is 3. The summed E-state index contributed by atoms with van der Waals surface area (Å²) in [7, 11) is -3.33. The van der Waals surface area contributed by atoms with Gasteiger partial charge in [0, 0.05) is 5.02 Å². The number of hydrogen-bond acceptors (Lipinski definition) is 4. The molecule has 0 spiro atoms. The van der Waals surface area contributed by atoms with Crippen LogP contribution in [0.2, 0.25) is 10.0 Å². The number of halogens is 2. The molecule has 2 N–H and O–H groups in total. The van der Waals surface area contributed by atoms with E-state index in [-0.39, 0.29) is 5.82 Å². The van der Waals surface area contributed by atoms with Crippen molar-refractivity contribution in [3.8, 4) is 0 Å². The maximum atomic E-state index is 11.1. The molecule has 0 fully saturated rings. The van der Waals surface area contributed by atoms with Crippen LogP contribution in [-0.4, -0.2) is 19.7 Å². The second-order valence-electron chi connectivity index (χ2n) is 4.06. The van der Waals surface area contributed by atoms with Crippen molar-refractivity contribution in [1.29, 1.82) is 0 Å². The fourth-order valence-electron chi connectivity index (χ4n) is 1.46. The molecule has 2 aromatic rings. The number of aromatic nitrogens is 1. The Labute approximate surface area is 127 Å². The first-order valence-electron chi connectivity index (χ1n) is 5.49. The van der Waals surface area contributed by atoms with E-state index in [2.05, 4.69) is 15.0 Å². The third-order valence-electron chi connectivity index (χ3n) is 2.26. The number of rotatable bonds is 4. The van der Waals surface area contributed by atoms with Gasteiger partial charge in [0.15, 0.2) is 0 Å². The van der Waals surface area contributed by atoms with Gasteiger partial charge in [-0.05, 0) is 30.3 Å². The van der Waals surface area contributed by atoms with Crippen LogP contribution in [0.4, 0.5) is 17.2 Å². The van der Waals surface area contributed by atoms with Crippen molar-refractivity contribution in [2.24, 2.45) is 0 Å². The van der Waals surface area contributed by atoms with Crippen molar-refractivity contribution < 1.29 is 8.42 Å². The average Bonchev–Trinajstić information content (AvgIpc) is 2.33. The molecule has 0 saturated heterocycles. The van der Waals surface area contributed by atoms with Gasteiger partial charge in [-0.15, -0.1) is 0 Å². The number of nitrogens with zero attached hydrogens (tertiary/aromatic N) is 1. The van der Waals surface area contributed by atoms with E-state index in [4.69, 9.17) is 23.2 Å². The highest BCUT2D eigenvalue weighted by atomic mass is 35.5. The fraction of sp³-hybridized carbons (Fsp3) is 0.0833. The highest BCUT2D eigenvalue weighted by Gasteiger charge is 2.04. The Hall–Kier alpha value is -1.50. The normalized spacial score (nSPS) is 11.2. The minimum atomic E-state index is -3.33. The van der Waals surface area contributed by atoms with E-state index in [1.54, 1.807) is 30.3 Å². The first-order chi connectivity index (χ1) is 9.33. The molecule has 106 valence electrons. The Morgan fingerprint density at radius 1 is 1.15 bits per heavy atom. The Kier molecular flexibility index (Phi) is 4.37. The molecule has 0 saturated carbocycles. The van der Waals surface area contributed by atoms with Gasteiger partial charge < -0.3 is 5.32 Å². The van der Waals surface area contributed by atoms with Gasteiger partial charge in [-0.2, -0.15) is 0 Å². The van der Waals surface area contributed by atoms with Gasteiger partial charge >= 0.3 is 0 Å². The lowest BCUT2D eigenvalue weighted by atomic mass is 10.3. The summed E-state index contributed by atoms with van der Waals surface area (Å²) in [6.07, 6.45) is 2.56. The molecule has 1 aromatic carbocycles. The summed E-state index contributed by atoms with van der Waals surface area (Å²) >= 11 is 11.9. The maximum Gasteiger partial charge on any atom is 0.230 e. The molecule has 2 rings (SSSR count). The largest absolute Gasteiger partial charge is 0.353 e. The predicted molar refractivity (Wildman–Crippen MR) is 82.4 cm³/mol. The smallest absolute Gasteiger partial charge is 0.230 e. The van der Waals surface area contributed by atoms with Crippen LogP contribution in [0.25, 0.3) is 0 Å². The predicted octanol–water partition coefficient (Wildman–Crippen LogP) is 3.50. The van der Waals surface area contributed by atoms with Gasteiger partial charge in [0.1, 0.15) is 5.82 Å².